The molecule has 1 rings (SSSR count). The Morgan fingerprint density at radius 2 is 1.89 bits per heavy atom. The van der Waals surface area contributed by atoms with Crippen LogP contribution in [-0.4, -0.2) is 45.2 Å². The van der Waals surface area contributed by atoms with Gasteiger partial charge in [0.15, 0.2) is 0 Å². The van der Waals surface area contributed by atoms with Crippen LogP contribution < -0.4 is 4.74 Å². The molecular weight excluding hydrogens is 300 g/mol. The molecule has 0 heterocycles. The van der Waals surface area contributed by atoms with Crippen molar-refractivity contribution in [2.75, 3.05) is 26.1 Å². The van der Waals surface area contributed by atoms with E-state index in [9.17, 15) is 17.2 Å². The highest BCUT2D eigenvalue weighted by atomic mass is 35.5. The minimum Gasteiger partial charge on any atom is -0.492 e. The number of alkyl halides is 3. The van der Waals surface area contributed by atoms with E-state index in [1.54, 1.807) is 0 Å². The lowest BCUT2D eigenvalue weighted by atomic mass is 10.3. The second kappa shape index (κ2) is 7.02. The number of rotatable bonds is 7. The molecule has 0 spiro atoms. The molecule has 0 amide bonds. The minimum absolute atomic E-state index is 0.0612. The zero-order valence-corrected chi connectivity index (χ0v) is 11.8. The molecule has 0 bridgehead atoms. The van der Waals surface area contributed by atoms with Crippen molar-refractivity contribution in [3.8, 4) is 5.75 Å². The molecule has 1 aromatic carbocycles. The van der Waals surface area contributed by atoms with Gasteiger partial charge in [0.25, 0.3) is 6.43 Å². The summed E-state index contributed by atoms with van der Waals surface area (Å²) in [7, 11) is -2.79. The first kappa shape index (κ1) is 16.1. The van der Waals surface area contributed by atoms with Crippen LogP contribution in [0.3, 0.4) is 0 Å². The van der Waals surface area contributed by atoms with E-state index >= 15 is 0 Å². The highest BCUT2D eigenvalue weighted by molar-refractivity contribution is 7.89. The Morgan fingerprint density at radius 3 is 2.37 bits per heavy atom. The van der Waals surface area contributed by atoms with Crippen molar-refractivity contribution in [3.05, 3.63) is 24.3 Å². The maximum absolute atomic E-state index is 12.2. The van der Waals surface area contributed by atoms with E-state index in [0.29, 0.717) is 22.5 Å². The zero-order chi connectivity index (χ0) is 14.5. The van der Waals surface area contributed by atoms with Crippen LogP contribution in [0.4, 0.5) is 8.78 Å². The van der Waals surface area contributed by atoms with Gasteiger partial charge in [-0.3, -0.25) is 0 Å². The number of sulfonamides is 1. The van der Waals surface area contributed by atoms with Crippen molar-refractivity contribution in [1.82, 2.24) is 4.31 Å². The number of halogens is 3. The van der Waals surface area contributed by atoms with Crippen LogP contribution in [0.15, 0.2) is 29.2 Å². The van der Waals surface area contributed by atoms with Gasteiger partial charge >= 0.3 is 0 Å². The molecule has 0 N–H and O–H groups in total. The lowest BCUT2D eigenvalue weighted by molar-refractivity contribution is 0.126. The molecule has 0 aromatic heterocycles. The molecule has 19 heavy (non-hydrogen) atoms. The Morgan fingerprint density at radius 1 is 1.32 bits per heavy atom. The van der Waals surface area contributed by atoms with Crippen LogP contribution in [0.2, 0.25) is 0 Å². The molecular formula is C11H14ClF2NO3S. The predicted molar refractivity (Wildman–Crippen MR) is 68.5 cm³/mol. The smallest absolute Gasteiger partial charge is 0.252 e. The van der Waals surface area contributed by atoms with Gasteiger partial charge in [-0.2, -0.15) is 4.31 Å². The van der Waals surface area contributed by atoms with Gasteiger partial charge in [-0.15, -0.1) is 11.6 Å². The molecule has 0 unspecified atom stereocenters. The maximum Gasteiger partial charge on any atom is 0.252 e. The molecule has 0 radical (unpaired) electrons. The molecule has 4 nitrogen and oxygen atoms in total. The Labute approximate surface area is 116 Å². The molecule has 0 aliphatic carbocycles. The third kappa shape index (κ3) is 4.59. The molecule has 8 heteroatoms. The summed E-state index contributed by atoms with van der Waals surface area (Å²) < 4.78 is 54.0. The maximum atomic E-state index is 12.2. The second-order valence-electron chi connectivity index (χ2n) is 3.69. The van der Waals surface area contributed by atoms with Gasteiger partial charge in [0.1, 0.15) is 12.4 Å². The minimum atomic E-state index is -3.90. The average molecular weight is 314 g/mol. The molecule has 108 valence electrons. The molecule has 0 saturated carbocycles. The first-order valence-electron chi connectivity index (χ1n) is 5.41. The molecule has 0 aliphatic rings. The second-order valence-corrected chi connectivity index (χ2v) is 6.11. The predicted octanol–water partition coefficient (Wildman–Crippen LogP) is 2.19. The van der Waals surface area contributed by atoms with Gasteiger partial charge in [0, 0.05) is 7.05 Å². The summed E-state index contributed by atoms with van der Waals surface area (Å²) in [4.78, 5) is -0.0612. The normalized spacial score (nSPS) is 12.1. The fourth-order valence-electron chi connectivity index (χ4n) is 1.34. The number of hydrogen-bond acceptors (Lipinski definition) is 3. The van der Waals surface area contributed by atoms with Crippen LogP contribution in [-0.2, 0) is 10.0 Å². The molecule has 0 saturated heterocycles. The van der Waals surface area contributed by atoms with E-state index in [2.05, 4.69) is 0 Å². The Hall–Kier alpha value is -0.920. The van der Waals surface area contributed by atoms with Crippen LogP contribution >= 0.6 is 11.6 Å². The van der Waals surface area contributed by atoms with Gasteiger partial charge in [-0.25, -0.2) is 17.2 Å². The van der Waals surface area contributed by atoms with Gasteiger partial charge in [0.2, 0.25) is 10.0 Å². The van der Waals surface area contributed by atoms with Crippen molar-refractivity contribution < 1.29 is 21.9 Å². The first-order valence-corrected chi connectivity index (χ1v) is 7.38. The highest BCUT2D eigenvalue weighted by Gasteiger charge is 2.23. The monoisotopic (exact) mass is 313 g/mol. The van der Waals surface area contributed by atoms with E-state index in [4.69, 9.17) is 16.3 Å². The summed E-state index contributed by atoms with van der Waals surface area (Å²) >= 11 is 5.45. The summed E-state index contributed by atoms with van der Waals surface area (Å²) in [5, 5.41) is 0. The summed E-state index contributed by atoms with van der Waals surface area (Å²) in [6, 6.07) is 5.52. The Bertz CT molecular complexity index is 493. The van der Waals surface area contributed by atoms with Gasteiger partial charge in [-0.05, 0) is 24.3 Å². The topological polar surface area (TPSA) is 46.6 Å². The number of ether oxygens (including phenoxy) is 1. The van der Waals surface area contributed by atoms with Crippen molar-refractivity contribution in [3.63, 3.8) is 0 Å². The number of benzene rings is 1. The van der Waals surface area contributed by atoms with Crippen LogP contribution in [0.5, 0.6) is 5.75 Å². The summed E-state index contributed by atoms with van der Waals surface area (Å²) in [5.41, 5.74) is 0. The number of hydrogen-bond donors (Lipinski definition) is 0. The van der Waals surface area contributed by atoms with Crippen LogP contribution in [0, 0.1) is 0 Å². The lowest BCUT2D eigenvalue weighted by Crippen LogP contribution is -2.31. The summed E-state index contributed by atoms with van der Waals surface area (Å²) in [5.74, 6) is 0.785. The van der Waals surface area contributed by atoms with Gasteiger partial charge < -0.3 is 4.74 Å². The lowest BCUT2D eigenvalue weighted by Gasteiger charge is -2.16. The van der Waals surface area contributed by atoms with Crippen LogP contribution in [0.1, 0.15) is 0 Å². The fraction of sp³-hybridized carbons (Fsp3) is 0.455. The van der Waals surface area contributed by atoms with Crippen molar-refractivity contribution in [2.24, 2.45) is 0 Å². The van der Waals surface area contributed by atoms with Gasteiger partial charge in [-0.1, -0.05) is 0 Å². The standard InChI is InChI=1S/C11H14ClF2NO3S/c1-15(8-11(13)14)19(16,17)10-4-2-9(3-5-10)18-7-6-12/h2-5,11H,6-8H2,1H3. The van der Waals surface area contributed by atoms with E-state index in [0.717, 1.165) is 7.05 Å². The largest absolute Gasteiger partial charge is 0.492 e. The fourth-order valence-corrected chi connectivity index (χ4v) is 2.56. The van der Waals surface area contributed by atoms with Crippen molar-refractivity contribution >= 4 is 21.6 Å². The van der Waals surface area contributed by atoms with Gasteiger partial charge in [0.05, 0.1) is 17.3 Å². The molecule has 0 fully saturated rings. The van der Waals surface area contributed by atoms with Crippen LogP contribution in [0.25, 0.3) is 0 Å². The zero-order valence-electron chi connectivity index (χ0n) is 10.2. The quantitative estimate of drug-likeness (QED) is 0.725. The highest BCUT2D eigenvalue weighted by Crippen LogP contribution is 2.19. The van der Waals surface area contributed by atoms with Crippen molar-refractivity contribution in [2.45, 2.75) is 11.3 Å². The SMILES string of the molecule is CN(CC(F)F)S(=O)(=O)c1ccc(OCCCl)cc1. The number of nitrogens with zero attached hydrogens (tertiary/aromatic N) is 1. The molecule has 1 aromatic rings. The van der Waals surface area contributed by atoms with E-state index in [1.165, 1.54) is 24.3 Å². The Balaban J connectivity index is 2.84. The van der Waals surface area contributed by atoms with E-state index in [1.807, 2.05) is 0 Å². The van der Waals surface area contributed by atoms with Crippen molar-refractivity contribution in [1.29, 1.82) is 0 Å². The first-order chi connectivity index (χ1) is 8.87. The summed E-state index contributed by atoms with van der Waals surface area (Å²) in [6.07, 6.45) is -2.72. The Kier molecular flexibility index (Phi) is 5.96. The average Bonchev–Trinajstić information content (AvgIpc) is 2.36. The van der Waals surface area contributed by atoms with E-state index in [-0.39, 0.29) is 4.90 Å². The molecule has 0 atom stereocenters. The molecule has 0 aliphatic heterocycles. The van der Waals surface area contributed by atoms with E-state index < -0.39 is 23.0 Å². The third-order valence-corrected chi connectivity index (χ3v) is 4.26. The summed E-state index contributed by atoms with van der Waals surface area (Å²) in [6.45, 7) is -0.536. The third-order valence-electron chi connectivity index (χ3n) is 2.27.